The molecule has 0 N–H and O–H groups in total. The summed E-state index contributed by atoms with van der Waals surface area (Å²) in [5, 5.41) is 0. The van der Waals surface area contributed by atoms with E-state index in [4.69, 9.17) is 4.74 Å². The minimum Gasteiger partial charge on any atom is -0.456 e. The largest absolute Gasteiger partial charge is 0.456 e. The lowest BCUT2D eigenvalue weighted by Crippen LogP contribution is -2.24. The van der Waals surface area contributed by atoms with Crippen LogP contribution in [0.25, 0.3) is 0 Å². The van der Waals surface area contributed by atoms with Gasteiger partial charge in [0.1, 0.15) is 5.60 Å². The minimum atomic E-state index is -0.454. The molecule has 0 bridgehead atoms. The summed E-state index contributed by atoms with van der Waals surface area (Å²) in [4.78, 5) is 11.5. The minimum absolute atomic E-state index is 0.211. The molecule has 0 aromatic carbocycles. The van der Waals surface area contributed by atoms with E-state index in [1.807, 2.05) is 27.7 Å². The van der Waals surface area contributed by atoms with Crippen molar-refractivity contribution in [2.75, 3.05) is 0 Å². The van der Waals surface area contributed by atoms with Crippen LogP contribution in [0, 0.1) is 5.92 Å². The first kappa shape index (κ1) is 13.7. The summed E-state index contributed by atoms with van der Waals surface area (Å²) in [5.41, 5.74) is 2.93. The molecular weight excluding hydrogens is 188 g/mol. The van der Waals surface area contributed by atoms with Gasteiger partial charge in [-0.05, 0) is 39.7 Å². The van der Waals surface area contributed by atoms with E-state index in [0.717, 1.165) is 0 Å². The Kier molecular flexibility index (Phi) is 5.10. The number of hydrogen-bond donors (Lipinski definition) is 0. The average molecular weight is 208 g/mol. The summed E-state index contributed by atoms with van der Waals surface area (Å²) < 4.78 is 5.18. The van der Waals surface area contributed by atoms with Crippen LogP contribution in [0.3, 0.4) is 0 Å². The predicted octanol–water partition coefficient (Wildman–Crippen LogP) is 3.25. The van der Waals surface area contributed by atoms with Gasteiger partial charge in [0.2, 0.25) is 0 Å². The highest BCUT2D eigenvalue weighted by Crippen LogP contribution is 2.10. The molecule has 0 radical (unpaired) electrons. The van der Waals surface area contributed by atoms with Crippen LogP contribution in [-0.4, -0.2) is 11.6 Å². The van der Waals surface area contributed by atoms with Gasteiger partial charge in [-0.15, -0.1) is 12.3 Å². The summed E-state index contributed by atoms with van der Waals surface area (Å²) in [5.74, 6) is -0.114. The van der Waals surface area contributed by atoms with Gasteiger partial charge >= 0.3 is 5.97 Å². The zero-order chi connectivity index (χ0) is 12.1. The number of carbonyl (C=O) groups excluding carboxylic acids is 1. The lowest BCUT2D eigenvalue weighted by Gasteiger charge is -2.19. The van der Waals surface area contributed by atoms with Gasteiger partial charge in [-0.3, -0.25) is 0 Å². The summed E-state index contributed by atoms with van der Waals surface area (Å²) >= 11 is 0. The molecule has 15 heavy (non-hydrogen) atoms. The molecule has 0 aliphatic carbocycles. The fraction of sp³-hybridized carbons (Fsp3) is 0.538. The van der Waals surface area contributed by atoms with Gasteiger partial charge in [0.05, 0.1) is 5.57 Å². The second kappa shape index (κ2) is 5.57. The quantitative estimate of drug-likeness (QED) is 0.308. The Balaban J connectivity index is 4.58. The Morgan fingerprint density at radius 3 is 2.40 bits per heavy atom. The van der Waals surface area contributed by atoms with E-state index in [0.29, 0.717) is 5.57 Å². The smallest absolute Gasteiger partial charge is 0.342 e. The van der Waals surface area contributed by atoms with E-state index >= 15 is 0 Å². The van der Waals surface area contributed by atoms with Crippen molar-refractivity contribution < 1.29 is 9.53 Å². The van der Waals surface area contributed by atoms with Gasteiger partial charge in [-0.2, -0.15) is 0 Å². The number of rotatable bonds is 3. The van der Waals surface area contributed by atoms with E-state index in [1.54, 1.807) is 19.1 Å². The van der Waals surface area contributed by atoms with Crippen molar-refractivity contribution in [3.8, 4) is 0 Å². The molecule has 0 saturated carbocycles. The van der Waals surface area contributed by atoms with Crippen LogP contribution in [-0.2, 0) is 9.53 Å². The van der Waals surface area contributed by atoms with Gasteiger partial charge in [0.25, 0.3) is 0 Å². The molecule has 2 heteroatoms. The molecule has 0 aromatic heterocycles. The fourth-order valence-electron chi connectivity index (χ4n) is 0.738. The maximum Gasteiger partial charge on any atom is 0.342 e. The highest BCUT2D eigenvalue weighted by atomic mass is 16.6. The van der Waals surface area contributed by atoms with Crippen LogP contribution in [0.4, 0.5) is 0 Å². The molecule has 0 aliphatic heterocycles. The maximum atomic E-state index is 11.5. The number of ether oxygens (including phenoxy) is 1. The van der Waals surface area contributed by atoms with Gasteiger partial charge in [-0.25, -0.2) is 4.79 Å². The molecule has 0 fully saturated rings. The second-order valence-corrected chi connectivity index (χ2v) is 4.53. The molecule has 0 saturated heterocycles. The first-order valence-electron chi connectivity index (χ1n) is 5.05. The third kappa shape index (κ3) is 6.75. The molecule has 0 rings (SSSR count). The summed E-state index contributed by atoms with van der Waals surface area (Å²) in [6, 6.07) is 0. The SMILES string of the molecule is C=CC(C)C=C=C(C)C(=O)OC(C)(C)C. The predicted molar refractivity (Wildman–Crippen MR) is 62.5 cm³/mol. The Bertz CT molecular complexity index is 299. The highest BCUT2D eigenvalue weighted by molar-refractivity contribution is 5.87. The highest BCUT2D eigenvalue weighted by Gasteiger charge is 2.16. The molecule has 0 amide bonds. The van der Waals surface area contributed by atoms with Crippen molar-refractivity contribution >= 4 is 5.97 Å². The summed E-state index contributed by atoms with van der Waals surface area (Å²) in [6.07, 6.45) is 3.58. The van der Waals surface area contributed by atoms with Crippen LogP contribution < -0.4 is 0 Å². The molecule has 1 unspecified atom stereocenters. The van der Waals surface area contributed by atoms with E-state index in [-0.39, 0.29) is 11.9 Å². The van der Waals surface area contributed by atoms with E-state index in [9.17, 15) is 4.79 Å². The van der Waals surface area contributed by atoms with Crippen LogP contribution in [0.5, 0.6) is 0 Å². The van der Waals surface area contributed by atoms with Crippen LogP contribution in [0.15, 0.2) is 30.0 Å². The van der Waals surface area contributed by atoms with Crippen LogP contribution in [0.1, 0.15) is 34.6 Å². The summed E-state index contributed by atoms with van der Waals surface area (Å²) in [6.45, 7) is 12.8. The first-order chi connectivity index (χ1) is 6.76. The van der Waals surface area contributed by atoms with Gasteiger partial charge in [0.15, 0.2) is 0 Å². The Morgan fingerprint density at radius 1 is 1.47 bits per heavy atom. The first-order valence-corrected chi connectivity index (χ1v) is 5.05. The van der Waals surface area contributed by atoms with E-state index in [1.165, 1.54) is 0 Å². The number of allylic oxidation sites excluding steroid dienone is 1. The molecule has 0 spiro atoms. The average Bonchev–Trinajstić information content (AvgIpc) is 2.10. The zero-order valence-corrected chi connectivity index (χ0v) is 10.3. The van der Waals surface area contributed by atoms with E-state index in [2.05, 4.69) is 12.3 Å². The standard InChI is InChI=1S/C13H20O2/c1-7-10(2)8-9-11(3)12(14)15-13(4,5)6/h7-8,10H,1H2,2-6H3. The lowest BCUT2D eigenvalue weighted by molar-refractivity contribution is -0.149. The molecule has 84 valence electrons. The third-order valence-corrected chi connectivity index (χ3v) is 1.64. The van der Waals surface area contributed by atoms with Crippen molar-refractivity contribution in [1.82, 2.24) is 0 Å². The van der Waals surface area contributed by atoms with Crippen LogP contribution >= 0.6 is 0 Å². The van der Waals surface area contributed by atoms with Crippen molar-refractivity contribution in [1.29, 1.82) is 0 Å². The van der Waals surface area contributed by atoms with Crippen molar-refractivity contribution in [2.45, 2.75) is 40.2 Å². The molecule has 1 atom stereocenters. The normalized spacial score (nSPS) is 12.3. The van der Waals surface area contributed by atoms with E-state index < -0.39 is 5.60 Å². The van der Waals surface area contributed by atoms with Gasteiger partial charge < -0.3 is 4.74 Å². The van der Waals surface area contributed by atoms with Crippen molar-refractivity contribution in [3.05, 3.63) is 30.0 Å². The monoisotopic (exact) mass is 208 g/mol. The molecule has 0 heterocycles. The molecule has 2 nitrogen and oxygen atoms in total. The topological polar surface area (TPSA) is 26.3 Å². The third-order valence-electron chi connectivity index (χ3n) is 1.64. The number of hydrogen-bond acceptors (Lipinski definition) is 2. The Hall–Kier alpha value is -1.27. The van der Waals surface area contributed by atoms with Crippen LogP contribution in [0.2, 0.25) is 0 Å². The van der Waals surface area contributed by atoms with Crippen molar-refractivity contribution in [2.24, 2.45) is 5.92 Å². The number of carbonyl (C=O) groups is 1. The molecular formula is C13H20O2. The van der Waals surface area contributed by atoms with Gasteiger partial charge in [-0.1, -0.05) is 13.0 Å². The molecule has 0 aromatic rings. The molecule has 0 aliphatic rings. The Labute approximate surface area is 92.3 Å². The zero-order valence-electron chi connectivity index (χ0n) is 10.3. The van der Waals surface area contributed by atoms with Gasteiger partial charge in [0, 0.05) is 0 Å². The van der Waals surface area contributed by atoms with Crippen molar-refractivity contribution in [3.63, 3.8) is 0 Å². The summed E-state index contributed by atoms with van der Waals surface area (Å²) in [7, 11) is 0. The lowest BCUT2D eigenvalue weighted by atomic mass is 10.1. The fourth-order valence-corrected chi connectivity index (χ4v) is 0.738. The maximum absolute atomic E-state index is 11.5. The second-order valence-electron chi connectivity index (χ2n) is 4.53. The number of esters is 1. The Morgan fingerprint density at radius 2 is 2.00 bits per heavy atom.